The van der Waals surface area contributed by atoms with Crippen LogP contribution in [0.2, 0.25) is 5.02 Å². The average Bonchev–Trinajstić information content (AvgIpc) is 3.17. The number of rotatable bonds is 5. The van der Waals surface area contributed by atoms with E-state index in [4.69, 9.17) is 23.2 Å². The summed E-state index contributed by atoms with van der Waals surface area (Å²) in [6.45, 7) is 8.62. The lowest BCUT2D eigenvalue weighted by Gasteiger charge is -2.41. The number of allylic oxidation sites excluding steroid dienone is 3. The molecule has 0 aromatic heterocycles. The summed E-state index contributed by atoms with van der Waals surface area (Å²) >= 11 is 12.3. The maximum atomic E-state index is 15.7. The molecule has 4 rings (SSSR count). The largest absolute Gasteiger partial charge is 0.338 e. The van der Waals surface area contributed by atoms with E-state index >= 15 is 8.78 Å². The molecular formula is C29H36Cl2F2N4O. The molecule has 1 aromatic carbocycles. The van der Waals surface area contributed by atoms with Crippen molar-refractivity contribution in [3.8, 4) is 6.07 Å². The lowest BCUT2D eigenvalue weighted by molar-refractivity contribution is 0.154. The van der Waals surface area contributed by atoms with E-state index in [1.807, 2.05) is 20.8 Å². The van der Waals surface area contributed by atoms with E-state index in [1.165, 1.54) is 18.2 Å². The minimum absolute atomic E-state index is 0.0565. The molecule has 0 spiro atoms. The van der Waals surface area contributed by atoms with Crippen molar-refractivity contribution in [3.05, 3.63) is 57.6 Å². The summed E-state index contributed by atoms with van der Waals surface area (Å²) in [7, 11) is 0. The number of piperidine rings is 1. The van der Waals surface area contributed by atoms with Crippen molar-refractivity contribution >= 4 is 29.2 Å². The van der Waals surface area contributed by atoms with Crippen LogP contribution < -0.4 is 10.6 Å². The summed E-state index contributed by atoms with van der Waals surface area (Å²) in [5.74, 6) is -2.22. The predicted molar refractivity (Wildman–Crippen MR) is 147 cm³/mol. The van der Waals surface area contributed by atoms with Gasteiger partial charge in [-0.2, -0.15) is 5.26 Å². The van der Waals surface area contributed by atoms with Gasteiger partial charge in [0.1, 0.15) is 17.1 Å². The lowest BCUT2D eigenvalue weighted by Crippen LogP contribution is -2.54. The Balaban J connectivity index is 1.82. The van der Waals surface area contributed by atoms with E-state index in [9.17, 15) is 10.1 Å². The highest BCUT2D eigenvalue weighted by molar-refractivity contribution is 6.31. The van der Waals surface area contributed by atoms with Crippen LogP contribution in [0.3, 0.4) is 0 Å². The normalized spacial score (nSPS) is 28.5. The molecule has 2 fully saturated rings. The van der Waals surface area contributed by atoms with E-state index in [0.29, 0.717) is 18.9 Å². The van der Waals surface area contributed by atoms with E-state index < -0.39 is 34.9 Å². The molecule has 206 valence electrons. The number of amides is 2. The molecule has 3 aliphatic rings. The Kier molecular flexibility index (Phi) is 8.76. The Morgan fingerprint density at radius 3 is 2.61 bits per heavy atom. The third kappa shape index (κ3) is 5.73. The fraction of sp³-hybridized carbons (Fsp3) is 0.586. The zero-order valence-electron chi connectivity index (χ0n) is 22.2. The number of likely N-dealkylation sites (tertiary alicyclic amines) is 1. The average molecular weight is 566 g/mol. The molecule has 1 aromatic rings. The van der Waals surface area contributed by atoms with Crippen LogP contribution in [0, 0.1) is 40.3 Å². The van der Waals surface area contributed by atoms with Gasteiger partial charge in [0.25, 0.3) is 0 Å². The summed E-state index contributed by atoms with van der Waals surface area (Å²) in [5.41, 5.74) is -1.62. The molecule has 1 aliphatic carbocycles. The monoisotopic (exact) mass is 564 g/mol. The molecule has 5 nitrogen and oxygen atoms in total. The van der Waals surface area contributed by atoms with Gasteiger partial charge in [0.05, 0.1) is 17.1 Å². The van der Waals surface area contributed by atoms with Crippen molar-refractivity contribution in [2.24, 2.45) is 23.2 Å². The van der Waals surface area contributed by atoms with Crippen LogP contribution in [0.5, 0.6) is 0 Å². The van der Waals surface area contributed by atoms with Gasteiger partial charge in [0.2, 0.25) is 0 Å². The molecule has 2 amide bonds. The van der Waals surface area contributed by atoms with Gasteiger partial charge in [-0.3, -0.25) is 0 Å². The van der Waals surface area contributed by atoms with Gasteiger partial charge in [0.15, 0.2) is 0 Å². The lowest BCUT2D eigenvalue weighted by atomic mass is 9.62. The Morgan fingerprint density at radius 2 is 1.97 bits per heavy atom. The number of halogens is 4. The number of hydrogen-bond donors (Lipinski definition) is 2. The van der Waals surface area contributed by atoms with Crippen molar-refractivity contribution in [2.75, 3.05) is 26.2 Å². The van der Waals surface area contributed by atoms with Crippen molar-refractivity contribution in [2.45, 2.75) is 57.9 Å². The van der Waals surface area contributed by atoms with Gasteiger partial charge >= 0.3 is 6.03 Å². The Morgan fingerprint density at radius 1 is 1.26 bits per heavy atom. The summed E-state index contributed by atoms with van der Waals surface area (Å²) in [6, 6.07) is 5.34. The summed E-state index contributed by atoms with van der Waals surface area (Å²) in [5, 5.41) is 17.4. The fourth-order valence-electron chi connectivity index (χ4n) is 6.48. The van der Waals surface area contributed by atoms with Crippen molar-refractivity contribution in [1.82, 2.24) is 15.5 Å². The van der Waals surface area contributed by atoms with Crippen molar-refractivity contribution in [3.63, 3.8) is 0 Å². The molecule has 2 aliphatic heterocycles. The Labute approximate surface area is 234 Å². The molecule has 2 N–H and O–H groups in total. The molecule has 4 atom stereocenters. The SMILES string of the molecule is CC(C)(C)C[C@@H]1CN(C(=O)NCC2CCNCC2)[C@H](C2CC=CC(Cl)=C2F)[C@@]1(C#N)c1ccc(Cl)cc1F. The van der Waals surface area contributed by atoms with E-state index in [1.54, 1.807) is 17.0 Å². The minimum atomic E-state index is -1.52. The van der Waals surface area contributed by atoms with Gasteiger partial charge in [-0.1, -0.05) is 56.1 Å². The molecule has 0 radical (unpaired) electrons. The first-order valence-electron chi connectivity index (χ1n) is 13.3. The third-order valence-corrected chi connectivity index (χ3v) is 8.68. The molecule has 1 unspecified atom stereocenters. The molecular weight excluding hydrogens is 529 g/mol. The molecule has 2 saturated heterocycles. The standard InChI is InChI=1S/C29H36Cl2F2N4O/c1-28(2,3)14-19-16-37(27(38)36-15-18-9-11-35-12-10-18)26(21-5-4-6-23(31)25(21)33)29(19,17-34)22-8-7-20(30)13-24(22)32/h4,6-8,13,18-19,21,26,35H,5,9-12,14-16H2,1-3H3,(H,36,38)/t19-,21?,26-,29-/m1/s1. The quantitative estimate of drug-likeness (QED) is 0.419. The molecule has 0 bridgehead atoms. The van der Waals surface area contributed by atoms with E-state index in [-0.39, 0.29) is 40.0 Å². The smallest absolute Gasteiger partial charge is 0.317 e. The van der Waals surface area contributed by atoms with Gasteiger partial charge in [-0.15, -0.1) is 0 Å². The second-order valence-corrected chi connectivity index (χ2v) is 12.8. The zero-order chi connectivity index (χ0) is 27.7. The van der Waals surface area contributed by atoms with Crippen LogP contribution in [0.15, 0.2) is 41.2 Å². The Bertz CT molecular complexity index is 1150. The predicted octanol–water partition coefficient (Wildman–Crippen LogP) is 6.68. The highest BCUT2D eigenvalue weighted by atomic mass is 35.5. The third-order valence-electron chi connectivity index (χ3n) is 8.13. The first-order chi connectivity index (χ1) is 18.0. The van der Waals surface area contributed by atoms with Crippen LogP contribution in [-0.4, -0.2) is 43.2 Å². The second-order valence-electron chi connectivity index (χ2n) is 12.0. The van der Waals surface area contributed by atoms with Crippen molar-refractivity contribution in [1.29, 1.82) is 5.26 Å². The van der Waals surface area contributed by atoms with Gasteiger partial charge in [-0.05, 0) is 68.3 Å². The minimum Gasteiger partial charge on any atom is -0.338 e. The van der Waals surface area contributed by atoms with Crippen molar-refractivity contribution < 1.29 is 13.6 Å². The first kappa shape index (κ1) is 28.9. The van der Waals surface area contributed by atoms with Crippen LogP contribution in [-0.2, 0) is 5.41 Å². The van der Waals surface area contributed by atoms with Crippen LogP contribution in [0.1, 0.15) is 52.0 Å². The first-order valence-corrected chi connectivity index (χ1v) is 14.1. The number of nitrogens with zero attached hydrogens (tertiary/aromatic N) is 2. The highest BCUT2D eigenvalue weighted by Crippen LogP contribution is 2.54. The number of carbonyl (C=O) groups is 1. The summed E-state index contributed by atoms with van der Waals surface area (Å²) in [6.07, 6.45) is 5.92. The summed E-state index contributed by atoms with van der Waals surface area (Å²) < 4.78 is 31.4. The van der Waals surface area contributed by atoms with Gasteiger partial charge in [0, 0.05) is 35.5 Å². The number of carbonyl (C=O) groups excluding carboxylic acids is 1. The fourth-order valence-corrected chi connectivity index (χ4v) is 6.87. The number of nitriles is 1. The number of benzene rings is 1. The molecule has 38 heavy (non-hydrogen) atoms. The maximum Gasteiger partial charge on any atom is 0.317 e. The molecule has 0 saturated carbocycles. The number of hydrogen-bond acceptors (Lipinski definition) is 3. The molecule has 2 heterocycles. The maximum absolute atomic E-state index is 15.7. The van der Waals surface area contributed by atoms with Gasteiger partial charge < -0.3 is 15.5 Å². The molecule has 9 heteroatoms. The summed E-state index contributed by atoms with van der Waals surface area (Å²) in [4.78, 5) is 15.4. The number of urea groups is 1. The second kappa shape index (κ2) is 11.5. The number of nitrogens with one attached hydrogen (secondary N) is 2. The van der Waals surface area contributed by atoms with Crippen LogP contribution in [0.25, 0.3) is 0 Å². The van der Waals surface area contributed by atoms with Gasteiger partial charge in [-0.25, -0.2) is 13.6 Å². The van der Waals surface area contributed by atoms with E-state index in [0.717, 1.165) is 25.9 Å². The Hall–Kier alpha value is -2.14. The van der Waals surface area contributed by atoms with Crippen LogP contribution >= 0.6 is 23.2 Å². The zero-order valence-corrected chi connectivity index (χ0v) is 23.7. The topological polar surface area (TPSA) is 68.2 Å². The highest BCUT2D eigenvalue weighted by Gasteiger charge is 2.61. The van der Waals surface area contributed by atoms with Crippen LogP contribution in [0.4, 0.5) is 13.6 Å². The van der Waals surface area contributed by atoms with E-state index in [2.05, 4.69) is 16.7 Å².